The van der Waals surface area contributed by atoms with Crippen LogP contribution in [0.3, 0.4) is 0 Å². The number of fused-ring (bicyclic) bond motifs is 1. The third kappa shape index (κ3) is 4.28. The first kappa shape index (κ1) is 17.7. The lowest BCUT2D eigenvalue weighted by atomic mass is 10.1. The van der Waals surface area contributed by atoms with Gasteiger partial charge in [0.1, 0.15) is 11.2 Å². The van der Waals surface area contributed by atoms with Crippen molar-refractivity contribution in [1.82, 2.24) is 0 Å². The molecule has 0 saturated heterocycles. The Hall–Kier alpha value is -3.14. The van der Waals surface area contributed by atoms with Gasteiger partial charge in [-0.3, -0.25) is 4.79 Å². The maximum absolute atomic E-state index is 12.5. The summed E-state index contributed by atoms with van der Waals surface area (Å²) >= 11 is 0. The predicted octanol–water partition coefficient (Wildman–Crippen LogP) is 5.02. The van der Waals surface area contributed by atoms with E-state index in [1.165, 1.54) is 6.08 Å². The molecule has 3 rings (SSSR count). The van der Waals surface area contributed by atoms with E-state index in [1.54, 1.807) is 30.3 Å². The van der Waals surface area contributed by atoms with Crippen molar-refractivity contribution in [1.29, 1.82) is 0 Å². The van der Waals surface area contributed by atoms with Gasteiger partial charge in [0.2, 0.25) is 5.78 Å². The van der Waals surface area contributed by atoms with E-state index in [0.29, 0.717) is 16.9 Å². The third-order valence-corrected chi connectivity index (χ3v) is 3.62. The van der Waals surface area contributed by atoms with Gasteiger partial charge in [-0.2, -0.15) is 0 Å². The molecule has 0 radical (unpaired) electrons. The first-order valence-electron chi connectivity index (χ1n) is 8.36. The smallest absolute Gasteiger partial charge is 0.331 e. The summed E-state index contributed by atoms with van der Waals surface area (Å²) in [6, 6.07) is 16.2. The molecule has 0 aliphatic heterocycles. The van der Waals surface area contributed by atoms with Crippen molar-refractivity contribution in [3.63, 3.8) is 0 Å². The normalized spacial score (nSPS) is 11.8. The van der Waals surface area contributed by atoms with Crippen molar-refractivity contribution in [2.75, 3.05) is 0 Å². The van der Waals surface area contributed by atoms with E-state index in [2.05, 4.69) is 0 Å². The van der Waals surface area contributed by atoms with Crippen molar-refractivity contribution in [3.05, 3.63) is 77.6 Å². The quantitative estimate of drug-likeness (QED) is 0.377. The lowest BCUT2D eigenvalue weighted by molar-refractivity contribution is -0.148. The number of hydrogen-bond acceptors (Lipinski definition) is 4. The molecular weight excluding hydrogens is 328 g/mol. The van der Waals surface area contributed by atoms with Crippen LogP contribution in [0.1, 0.15) is 42.5 Å². The second kappa shape index (κ2) is 7.00. The summed E-state index contributed by atoms with van der Waals surface area (Å²) in [4.78, 5) is 24.3. The summed E-state index contributed by atoms with van der Waals surface area (Å²) < 4.78 is 10.9. The summed E-state index contributed by atoms with van der Waals surface area (Å²) in [6.45, 7) is 5.46. The molecular formula is C22H20O4. The van der Waals surface area contributed by atoms with Crippen LogP contribution in [-0.4, -0.2) is 17.4 Å². The van der Waals surface area contributed by atoms with Gasteiger partial charge >= 0.3 is 5.97 Å². The largest absolute Gasteiger partial charge is 0.457 e. The molecule has 4 nitrogen and oxygen atoms in total. The van der Waals surface area contributed by atoms with Gasteiger partial charge in [-0.25, -0.2) is 4.79 Å². The van der Waals surface area contributed by atoms with Crippen LogP contribution in [-0.2, 0) is 9.53 Å². The monoisotopic (exact) mass is 348 g/mol. The molecule has 0 fully saturated rings. The number of furan rings is 1. The summed E-state index contributed by atoms with van der Waals surface area (Å²) in [7, 11) is 0. The van der Waals surface area contributed by atoms with Crippen molar-refractivity contribution in [3.8, 4) is 0 Å². The fraction of sp³-hybridized carbons (Fsp3) is 0.182. The highest BCUT2D eigenvalue weighted by molar-refractivity contribution is 6.09. The van der Waals surface area contributed by atoms with Crippen LogP contribution in [0, 0.1) is 0 Å². The Morgan fingerprint density at radius 2 is 1.73 bits per heavy atom. The van der Waals surface area contributed by atoms with Crippen molar-refractivity contribution in [2.24, 2.45) is 0 Å². The lowest BCUT2D eigenvalue weighted by Gasteiger charge is -2.17. The van der Waals surface area contributed by atoms with E-state index in [-0.39, 0.29) is 5.78 Å². The Bertz CT molecular complexity index is 972. The van der Waals surface area contributed by atoms with Gasteiger partial charge in [0.05, 0.1) is 0 Å². The predicted molar refractivity (Wildman–Crippen MR) is 101 cm³/mol. The number of esters is 1. The Morgan fingerprint density at radius 3 is 2.42 bits per heavy atom. The van der Waals surface area contributed by atoms with Gasteiger partial charge in [-0.15, -0.1) is 0 Å². The van der Waals surface area contributed by atoms with Crippen molar-refractivity contribution in [2.45, 2.75) is 26.4 Å². The van der Waals surface area contributed by atoms with Gasteiger partial charge in [-0.1, -0.05) is 36.4 Å². The summed E-state index contributed by atoms with van der Waals surface area (Å²) in [6.07, 6.45) is 3.07. The molecule has 132 valence electrons. The van der Waals surface area contributed by atoms with Crippen molar-refractivity contribution >= 4 is 28.8 Å². The number of carbonyl (C=O) groups is 2. The number of hydrogen-bond donors (Lipinski definition) is 0. The molecule has 0 bridgehead atoms. The second-order valence-corrected chi connectivity index (χ2v) is 6.97. The number of carbonyl (C=O) groups excluding carboxylic acids is 2. The van der Waals surface area contributed by atoms with Gasteiger partial charge in [-0.05, 0) is 50.6 Å². The van der Waals surface area contributed by atoms with E-state index in [9.17, 15) is 9.59 Å². The topological polar surface area (TPSA) is 56.5 Å². The summed E-state index contributed by atoms with van der Waals surface area (Å²) in [5.74, 6) is -0.267. The number of benzene rings is 2. The maximum atomic E-state index is 12.5. The number of ketones is 1. The molecule has 26 heavy (non-hydrogen) atoms. The van der Waals surface area contributed by atoms with E-state index in [4.69, 9.17) is 9.15 Å². The molecule has 0 aliphatic carbocycles. The standard InChI is InChI=1S/C22H20O4/c1-22(2,3)26-20(23)12-10-15-9-11-18-17(13-15)14-19(25-18)21(24)16-7-5-4-6-8-16/h4-14H,1-3H3/b12-10+. The zero-order chi connectivity index (χ0) is 18.7. The Labute approximate surface area is 152 Å². The van der Waals surface area contributed by atoms with E-state index >= 15 is 0 Å². The first-order valence-corrected chi connectivity index (χ1v) is 8.36. The Balaban J connectivity index is 1.82. The minimum Gasteiger partial charge on any atom is -0.457 e. The first-order chi connectivity index (χ1) is 12.3. The van der Waals surface area contributed by atoms with E-state index < -0.39 is 11.6 Å². The fourth-order valence-electron chi connectivity index (χ4n) is 2.51. The lowest BCUT2D eigenvalue weighted by Crippen LogP contribution is -2.22. The highest BCUT2D eigenvalue weighted by Gasteiger charge is 2.15. The van der Waals surface area contributed by atoms with E-state index in [1.807, 2.05) is 51.1 Å². The summed E-state index contributed by atoms with van der Waals surface area (Å²) in [5, 5.41) is 0.801. The molecule has 0 atom stereocenters. The fourth-order valence-corrected chi connectivity index (χ4v) is 2.51. The molecule has 0 N–H and O–H groups in total. The Morgan fingerprint density at radius 1 is 1.00 bits per heavy atom. The molecule has 0 saturated carbocycles. The average molecular weight is 348 g/mol. The van der Waals surface area contributed by atoms with Crippen LogP contribution in [0.2, 0.25) is 0 Å². The van der Waals surface area contributed by atoms with Crippen LogP contribution in [0.15, 0.2) is 65.1 Å². The third-order valence-electron chi connectivity index (χ3n) is 3.62. The minimum atomic E-state index is -0.525. The molecule has 3 aromatic rings. The van der Waals surface area contributed by atoms with Gasteiger partial charge in [0.15, 0.2) is 5.76 Å². The van der Waals surface area contributed by atoms with Crippen LogP contribution in [0.4, 0.5) is 0 Å². The van der Waals surface area contributed by atoms with Crippen LogP contribution in [0.5, 0.6) is 0 Å². The Kier molecular flexibility index (Phi) is 4.76. The molecule has 1 aromatic heterocycles. The second-order valence-electron chi connectivity index (χ2n) is 6.97. The van der Waals surface area contributed by atoms with Crippen LogP contribution in [0.25, 0.3) is 17.0 Å². The highest BCUT2D eigenvalue weighted by atomic mass is 16.6. The zero-order valence-electron chi connectivity index (χ0n) is 15.0. The molecule has 0 amide bonds. The number of rotatable bonds is 4. The molecule has 4 heteroatoms. The average Bonchev–Trinajstić information content (AvgIpc) is 3.02. The van der Waals surface area contributed by atoms with E-state index in [0.717, 1.165) is 10.9 Å². The van der Waals surface area contributed by atoms with Crippen molar-refractivity contribution < 1.29 is 18.7 Å². The number of ether oxygens (including phenoxy) is 1. The van der Waals surface area contributed by atoms with Gasteiger partial charge in [0, 0.05) is 17.0 Å². The maximum Gasteiger partial charge on any atom is 0.331 e. The molecule has 0 spiro atoms. The molecule has 2 aromatic carbocycles. The van der Waals surface area contributed by atoms with Crippen LogP contribution >= 0.6 is 0 Å². The van der Waals surface area contributed by atoms with Gasteiger partial charge < -0.3 is 9.15 Å². The molecule has 0 aliphatic rings. The van der Waals surface area contributed by atoms with Gasteiger partial charge in [0.25, 0.3) is 0 Å². The minimum absolute atomic E-state index is 0.160. The van der Waals surface area contributed by atoms with Crippen LogP contribution < -0.4 is 0 Å². The zero-order valence-corrected chi connectivity index (χ0v) is 15.0. The summed E-state index contributed by atoms with van der Waals surface area (Å²) in [5.41, 5.74) is 1.50. The highest BCUT2D eigenvalue weighted by Crippen LogP contribution is 2.23. The molecule has 1 heterocycles. The molecule has 0 unspecified atom stereocenters. The SMILES string of the molecule is CC(C)(C)OC(=O)/C=C/c1ccc2oc(C(=O)c3ccccc3)cc2c1.